The highest BCUT2D eigenvalue weighted by Gasteiger charge is 2.45. The zero-order chi connectivity index (χ0) is 18.3. The molecule has 8 heteroatoms. The lowest BCUT2D eigenvalue weighted by molar-refractivity contribution is -0.153. The molecule has 2 fully saturated rings. The third-order valence-corrected chi connectivity index (χ3v) is 5.48. The number of hydrogen-bond donors (Lipinski definition) is 1. The van der Waals surface area contributed by atoms with Crippen molar-refractivity contribution in [1.29, 1.82) is 0 Å². The van der Waals surface area contributed by atoms with Gasteiger partial charge < -0.3 is 14.8 Å². The molecule has 7 nitrogen and oxygen atoms in total. The van der Waals surface area contributed by atoms with Gasteiger partial charge in [-0.15, -0.1) is 5.10 Å². The summed E-state index contributed by atoms with van der Waals surface area (Å²) in [4.78, 5) is 15.6. The minimum Gasteiger partial charge on any atom is -0.458 e. The Morgan fingerprint density at radius 3 is 3.04 bits per heavy atom. The standard InChI is InChI=1S/C18H23FN4O3/c1-3-18(5-6-18)16-8-12(19)14-9-20-17(22-23(14)16)21-13-4-7-25-10-15(13)26-11(2)24/h8-9,13,15H,3-7,10H2,1-2H3,(H,21,22). The van der Waals surface area contributed by atoms with Crippen molar-refractivity contribution >= 4 is 17.4 Å². The Bertz CT molecular complexity index is 833. The molecule has 140 valence electrons. The summed E-state index contributed by atoms with van der Waals surface area (Å²) < 4.78 is 26.7. The first-order valence-electron chi connectivity index (χ1n) is 9.09. The minimum atomic E-state index is -0.396. The molecule has 3 heterocycles. The molecule has 26 heavy (non-hydrogen) atoms. The van der Waals surface area contributed by atoms with E-state index >= 15 is 0 Å². The number of esters is 1. The summed E-state index contributed by atoms with van der Waals surface area (Å²) in [6, 6.07) is 1.44. The molecule has 2 aliphatic rings. The highest BCUT2D eigenvalue weighted by Crippen LogP contribution is 2.51. The Kier molecular flexibility index (Phi) is 4.30. The van der Waals surface area contributed by atoms with Crippen LogP contribution in [-0.2, 0) is 19.7 Å². The zero-order valence-corrected chi connectivity index (χ0v) is 15.0. The number of fused-ring (bicyclic) bond motifs is 1. The van der Waals surface area contributed by atoms with Crippen LogP contribution in [0.25, 0.3) is 5.52 Å². The fourth-order valence-electron chi connectivity index (χ4n) is 3.71. The molecule has 2 unspecified atom stereocenters. The minimum absolute atomic E-state index is 0.0256. The van der Waals surface area contributed by atoms with Crippen LogP contribution in [0.5, 0.6) is 0 Å². The number of ether oxygens (including phenoxy) is 2. The monoisotopic (exact) mass is 362 g/mol. The van der Waals surface area contributed by atoms with Crippen molar-refractivity contribution in [1.82, 2.24) is 14.6 Å². The van der Waals surface area contributed by atoms with Crippen LogP contribution in [0.2, 0.25) is 0 Å². The maximum absolute atomic E-state index is 14.3. The second kappa shape index (κ2) is 6.50. The van der Waals surface area contributed by atoms with Crippen LogP contribution in [0.15, 0.2) is 12.3 Å². The maximum Gasteiger partial charge on any atom is 0.303 e. The molecule has 2 aromatic rings. The van der Waals surface area contributed by atoms with E-state index in [2.05, 4.69) is 22.3 Å². The van der Waals surface area contributed by atoms with E-state index in [-0.39, 0.29) is 23.2 Å². The predicted molar refractivity (Wildman–Crippen MR) is 92.5 cm³/mol. The lowest BCUT2D eigenvalue weighted by atomic mass is 10.00. The van der Waals surface area contributed by atoms with Crippen LogP contribution in [-0.4, -0.2) is 45.9 Å². The SMILES string of the molecule is CCC1(c2cc(F)c3cnc(NC4CCOCC4OC(C)=O)nn23)CC1. The molecule has 1 N–H and O–H groups in total. The van der Waals surface area contributed by atoms with Crippen molar-refractivity contribution in [3.05, 3.63) is 23.8 Å². The molecular weight excluding hydrogens is 339 g/mol. The summed E-state index contributed by atoms with van der Waals surface area (Å²) in [6.07, 6.45) is 4.84. The molecule has 1 aliphatic heterocycles. The number of nitrogens with one attached hydrogen (secondary N) is 1. The van der Waals surface area contributed by atoms with Gasteiger partial charge in [0.25, 0.3) is 0 Å². The van der Waals surface area contributed by atoms with Gasteiger partial charge in [0.05, 0.1) is 24.5 Å². The number of aromatic nitrogens is 3. The molecule has 0 aromatic carbocycles. The van der Waals surface area contributed by atoms with Gasteiger partial charge in [-0.1, -0.05) is 6.92 Å². The van der Waals surface area contributed by atoms with Crippen molar-refractivity contribution in [2.75, 3.05) is 18.5 Å². The number of carbonyl (C=O) groups is 1. The maximum atomic E-state index is 14.3. The van der Waals surface area contributed by atoms with Crippen molar-refractivity contribution in [2.24, 2.45) is 0 Å². The number of nitrogens with zero attached hydrogens (tertiary/aromatic N) is 3. The number of rotatable bonds is 5. The highest BCUT2D eigenvalue weighted by atomic mass is 19.1. The average Bonchev–Trinajstić information content (AvgIpc) is 3.35. The van der Waals surface area contributed by atoms with E-state index in [1.165, 1.54) is 13.1 Å². The van der Waals surface area contributed by atoms with Crippen LogP contribution in [0.1, 0.15) is 45.2 Å². The van der Waals surface area contributed by atoms with Crippen LogP contribution >= 0.6 is 0 Å². The zero-order valence-electron chi connectivity index (χ0n) is 15.0. The quantitative estimate of drug-likeness (QED) is 0.823. The first kappa shape index (κ1) is 17.2. The average molecular weight is 362 g/mol. The summed E-state index contributed by atoms with van der Waals surface area (Å²) in [5, 5.41) is 7.76. The molecule has 0 radical (unpaired) electrons. The predicted octanol–water partition coefficient (Wildman–Crippen LogP) is 2.44. The molecule has 0 amide bonds. The van der Waals surface area contributed by atoms with Gasteiger partial charge in [-0.05, 0) is 31.7 Å². The van der Waals surface area contributed by atoms with Gasteiger partial charge in [0, 0.05) is 18.9 Å². The molecule has 2 atom stereocenters. The Morgan fingerprint density at radius 2 is 2.35 bits per heavy atom. The van der Waals surface area contributed by atoms with Gasteiger partial charge in [-0.3, -0.25) is 4.79 Å². The normalized spacial score (nSPS) is 24.4. The molecule has 1 aliphatic carbocycles. The van der Waals surface area contributed by atoms with E-state index in [0.29, 0.717) is 31.1 Å². The Morgan fingerprint density at radius 1 is 1.54 bits per heavy atom. The summed E-state index contributed by atoms with van der Waals surface area (Å²) in [5.74, 6) is -0.252. The van der Waals surface area contributed by atoms with E-state index < -0.39 is 6.10 Å². The van der Waals surface area contributed by atoms with E-state index in [9.17, 15) is 9.18 Å². The second-order valence-corrected chi connectivity index (χ2v) is 7.15. The molecule has 1 saturated heterocycles. The Labute approximate surface area is 150 Å². The van der Waals surface area contributed by atoms with E-state index in [0.717, 1.165) is 25.0 Å². The summed E-state index contributed by atoms with van der Waals surface area (Å²) >= 11 is 0. The van der Waals surface area contributed by atoms with Gasteiger partial charge in [-0.2, -0.15) is 0 Å². The fraction of sp³-hybridized carbons (Fsp3) is 0.611. The van der Waals surface area contributed by atoms with Gasteiger partial charge in [0.1, 0.15) is 11.6 Å². The number of hydrogen-bond acceptors (Lipinski definition) is 6. The lowest BCUT2D eigenvalue weighted by Gasteiger charge is -2.31. The Hall–Kier alpha value is -2.22. The van der Waals surface area contributed by atoms with Gasteiger partial charge in [0.2, 0.25) is 5.95 Å². The summed E-state index contributed by atoms with van der Waals surface area (Å²) in [5.41, 5.74) is 1.31. The molecule has 4 rings (SSSR count). The summed E-state index contributed by atoms with van der Waals surface area (Å²) in [7, 11) is 0. The second-order valence-electron chi connectivity index (χ2n) is 7.15. The highest BCUT2D eigenvalue weighted by molar-refractivity contribution is 5.66. The molecule has 2 aromatic heterocycles. The summed E-state index contributed by atoms with van der Waals surface area (Å²) in [6.45, 7) is 4.40. The third kappa shape index (κ3) is 3.02. The number of carbonyl (C=O) groups excluding carboxylic acids is 1. The van der Waals surface area contributed by atoms with Gasteiger partial charge in [0.15, 0.2) is 5.82 Å². The van der Waals surface area contributed by atoms with Crippen LogP contribution in [0.4, 0.5) is 10.3 Å². The van der Waals surface area contributed by atoms with Crippen LogP contribution in [0, 0.1) is 5.82 Å². The topological polar surface area (TPSA) is 77.8 Å². The lowest BCUT2D eigenvalue weighted by Crippen LogP contribution is -2.44. The Balaban J connectivity index is 1.62. The van der Waals surface area contributed by atoms with Gasteiger partial charge >= 0.3 is 5.97 Å². The van der Waals surface area contributed by atoms with E-state index in [4.69, 9.17) is 9.47 Å². The molecule has 1 saturated carbocycles. The van der Waals surface area contributed by atoms with Crippen molar-refractivity contribution < 1.29 is 18.7 Å². The fourth-order valence-corrected chi connectivity index (χ4v) is 3.71. The van der Waals surface area contributed by atoms with Gasteiger partial charge in [-0.25, -0.2) is 13.9 Å². The number of halogens is 1. The van der Waals surface area contributed by atoms with Crippen molar-refractivity contribution in [2.45, 2.75) is 57.1 Å². The molecule has 0 spiro atoms. The first-order chi connectivity index (χ1) is 12.5. The largest absolute Gasteiger partial charge is 0.458 e. The molecule has 0 bridgehead atoms. The van der Waals surface area contributed by atoms with E-state index in [1.807, 2.05) is 0 Å². The van der Waals surface area contributed by atoms with Crippen molar-refractivity contribution in [3.8, 4) is 0 Å². The first-order valence-corrected chi connectivity index (χ1v) is 9.09. The number of anilines is 1. The van der Waals surface area contributed by atoms with Crippen molar-refractivity contribution in [3.63, 3.8) is 0 Å². The van der Waals surface area contributed by atoms with Crippen LogP contribution < -0.4 is 5.32 Å². The molecular formula is C18H23FN4O3. The van der Waals surface area contributed by atoms with Crippen LogP contribution in [0.3, 0.4) is 0 Å². The smallest absolute Gasteiger partial charge is 0.303 e. The third-order valence-electron chi connectivity index (χ3n) is 5.48. The van der Waals surface area contributed by atoms with E-state index in [1.54, 1.807) is 10.6 Å².